The molecule has 1 aliphatic heterocycles. The number of anilines is 2. The number of sulfonamides is 1. The third-order valence-electron chi connectivity index (χ3n) is 4.57. The van der Waals surface area contributed by atoms with E-state index in [0.717, 1.165) is 5.69 Å². The van der Waals surface area contributed by atoms with Crippen molar-refractivity contribution in [3.63, 3.8) is 0 Å². The molecule has 6 nitrogen and oxygen atoms in total. The lowest BCUT2D eigenvalue weighted by molar-refractivity contribution is -0.121. The molecule has 0 radical (unpaired) electrons. The van der Waals surface area contributed by atoms with Gasteiger partial charge in [-0.3, -0.25) is 9.52 Å². The predicted molar refractivity (Wildman–Crippen MR) is 101 cm³/mol. The summed E-state index contributed by atoms with van der Waals surface area (Å²) in [5.74, 6) is 0.623. The van der Waals surface area contributed by atoms with Crippen LogP contribution >= 0.6 is 0 Å². The first-order valence-corrected chi connectivity index (χ1v) is 9.83. The molecule has 2 aromatic carbocycles. The maximum absolute atomic E-state index is 12.7. The van der Waals surface area contributed by atoms with Gasteiger partial charge in [-0.1, -0.05) is 0 Å². The number of likely N-dealkylation sites (N-methyl/N-ethyl adjacent to an activating group) is 1. The van der Waals surface area contributed by atoms with Crippen molar-refractivity contribution in [1.29, 1.82) is 0 Å². The van der Waals surface area contributed by atoms with Crippen molar-refractivity contribution < 1.29 is 17.9 Å². The monoisotopic (exact) mass is 374 g/mol. The van der Waals surface area contributed by atoms with Crippen LogP contribution in [0, 0.1) is 0 Å². The summed E-state index contributed by atoms with van der Waals surface area (Å²) in [7, 11) is -2.07. The lowest BCUT2D eigenvalue weighted by Gasteiger charge is -2.17. The van der Waals surface area contributed by atoms with Crippen molar-refractivity contribution in [2.45, 2.75) is 31.1 Å². The largest absolute Gasteiger partial charge is 0.494 e. The highest BCUT2D eigenvalue weighted by Crippen LogP contribution is 2.41. The van der Waals surface area contributed by atoms with E-state index >= 15 is 0 Å². The summed E-state index contributed by atoms with van der Waals surface area (Å²) >= 11 is 0. The van der Waals surface area contributed by atoms with Crippen LogP contribution in [-0.2, 0) is 20.2 Å². The minimum atomic E-state index is -3.77. The van der Waals surface area contributed by atoms with E-state index in [1.165, 1.54) is 6.07 Å². The van der Waals surface area contributed by atoms with Crippen LogP contribution in [0.1, 0.15) is 26.3 Å². The Morgan fingerprint density at radius 3 is 2.38 bits per heavy atom. The van der Waals surface area contributed by atoms with Gasteiger partial charge in [0, 0.05) is 18.4 Å². The van der Waals surface area contributed by atoms with Gasteiger partial charge in [0.05, 0.1) is 16.9 Å². The van der Waals surface area contributed by atoms with Crippen LogP contribution < -0.4 is 14.4 Å². The van der Waals surface area contributed by atoms with E-state index in [-0.39, 0.29) is 10.8 Å². The molecule has 0 aliphatic carbocycles. The third kappa shape index (κ3) is 3.03. The molecule has 2 aromatic rings. The van der Waals surface area contributed by atoms with Gasteiger partial charge in [0.25, 0.3) is 10.0 Å². The van der Waals surface area contributed by atoms with Gasteiger partial charge < -0.3 is 9.64 Å². The zero-order chi connectivity index (χ0) is 19.1. The molecule has 0 atom stereocenters. The van der Waals surface area contributed by atoms with Crippen molar-refractivity contribution in [3.05, 3.63) is 48.0 Å². The fourth-order valence-corrected chi connectivity index (χ4v) is 4.20. The van der Waals surface area contributed by atoms with Gasteiger partial charge in [0.2, 0.25) is 5.91 Å². The summed E-state index contributed by atoms with van der Waals surface area (Å²) < 4.78 is 33.4. The molecule has 0 fully saturated rings. The Hall–Kier alpha value is -2.54. The zero-order valence-electron chi connectivity index (χ0n) is 15.2. The SMILES string of the molecule is CCOc1ccc(NS(=O)(=O)c2ccc3c(c2)C(C)(C)C(=O)N3C)cc1. The van der Waals surface area contributed by atoms with Gasteiger partial charge >= 0.3 is 0 Å². The van der Waals surface area contributed by atoms with Gasteiger partial charge in [-0.25, -0.2) is 8.42 Å². The van der Waals surface area contributed by atoms with Gasteiger partial charge in [0.1, 0.15) is 5.75 Å². The summed E-state index contributed by atoms with van der Waals surface area (Å²) in [6, 6.07) is 11.5. The van der Waals surface area contributed by atoms with Crippen molar-refractivity contribution in [2.24, 2.45) is 0 Å². The third-order valence-corrected chi connectivity index (χ3v) is 5.95. The molecule has 0 aromatic heterocycles. The molecule has 3 rings (SSSR count). The lowest BCUT2D eigenvalue weighted by Crippen LogP contribution is -2.33. The molecule has 0 saturated carbocycles. The van der Waals surface area contributed by atoms with E-state index in [1.807, 2.05) is 6.92 Å². The first-order valence-electron chi connectivity index (χ1n) is 8.35. The van der Waals surface area contributed by atoms with Crippen LogP contribution in [0.4, 0.5) is 11.4 Å². The highest BCUT2D eigenvalue weighted by Gasteiger charge is 2.42. The van der Waals surface area contributed by atoms with Gasteiger partial charge in [0.15, 0.2) is 0 Å². The summed E-state index contributed by atoms with van der Waals surface area (Å²) in [5.41, 5.74) is 1.13. The molecule has 1 N–H and O–H groups in total. The average molecular weight is 374 g/mol. The van der Waals surface area contributed by atoms with Gasteiger partial charge in [-0.2, -0.15) is 0 Å². The number of amides is 1. The minimum absolute atomic E-state index is 0.0541. The molecule has 0 unspecified atom stereocenters. The van der Waals surface area contributed by atoms with Crippen LogP contribution in [0.5, 0.6) is 5.75 Å². The second-order valence-corrected chi connectivity index (χ2v) is 8.41. The number of hydrogen-bond donors (Lipinski definition) is 1. The van der Waals surface area contributed by atoms with E-state index in [9.17, 15) is 13.2 Å². The Morgan fingerprint density at radius 1 is 1.12 bits per heavy atom. The van der Waals surface area contributed by atoms with Crippen molar-refractivity contribution >= 4 is 27.3 Å². The number of fused-ring (bicyclic) bond motifs is 1. The van der Waals surface area contributed by atoms with E-state index in [0.29, 0.717) is 23.6 Å². The highest BCUT2D eigenvalue weighted by atomic mass is 32.2. The summed E-state index contributed by atoms with van der Waals surface area (Å²) in [6.45, 7) is 6.03. The number of hydrogen-bond acceptors (Lipinski definition) is 4. The molecule has 0 saturated heterocycles. The van der Waals surface area contributed by atoms with Crippen LogP contribution in [0.3, 0.4) is 0 Å². The summed E-state index contributed by atoms with van der Waals surface area (Å²) in [5, 5.41) is 0. The number of rotatable bonds is 5. The predicted octanol–water partition coefficient (Wildman–Crippen LogP) is 3.14. The standard InChI is InChI=1S/C19H22N2O4S/c1-5-25-14-8-6-13(7-9-14)20-26(23,24)15-10-11-17-16(12-15)19(2,3)18(22)21(17)4/h6-12,20H,5H2,1-4H3. The maximum atomic E-state index is 12.7. The maximum Gasteiger partial charge on any atom is 0.261 e. The first-order chi connectivity index (χ1) is 12.2. The summed E-state index contributed by atoms with van der Waals surface area (Å²) in [4.78, 5) is 14.1. The van der Waals surface area contributed by atoms with Crippen molar-refractivity contribution in [2.75, 3.05) is 23.3 Å². The molecule has 0 bridgehead atoms. The van der Waals surface area contributed by atoms with Crippen molar-refractivity contribution in [1.82, 2.24) is 0 Å². The number of carbonyl (C=O) groups excluding carboxylic acids is 1. The van der Waals surface area contributed by atoms with Crippen LogP contribution in [0.25, 0.3) is 0 Å². The second kappa shape index (κ2) is 6.32. The number of ether oxygens (including phenoxy) is 1. The number of benzene rings is 2. The molecule has 1 aliphatic rings. The molecular formula is C19H22N2O4S. The number of nitrogens with one attached hydrogen (secondary N) is 1. The summed E-state index contributed by atoms with van der Waals surface area (Å²) in [6.07, 6.45) is 0. The number of carbonyl (C=O) groups is 1. The second-order valence-electron chi connectivity index (χ2n) is 6.73. The number of nitrogens with zero attached hydrogens (tertiary/aromatic N) is 1. The van der Waals surface area contributed by atoms with Gasteiger partial charge in [-0.05, 0) is 68.8 Å². The van der Waals surface area contributed by atoms with Crippen LogP contribution in [-0.4, -0.2) is 28.0 Å². The normalized spacial score (nSPS) is 15.7. The van der Waals surface area contributed by atoms with E-state index in [4.69, 9.17) is 4.74 Å². The molecule has 7 heteroatoms. The minimum Gasteiger partial charge on any atom is -0.494 e. The zero-order valence-corrected chi connectivity index (χ0v) is 16.1. The smallest absolute Gasteiger partial charge is 0.261 e. The quantitative estimate of drug-likeness (QED) is 0.872. The van der Waals surface area contributed by atoms with Crippen molar-refractivity contribution in [3.8, 4) is 5.75 Å². The molecule has 1 heterocycles. The first kappa shape index (κ1) is 18.3. The lowest BCUT2D eigenvalue weighted by atomic mass is 9.86. The molecule has 1 amide bonds. The fourth-order valence-electron chi connectivity index (χ4n) is 3.12. The Kier molecular flexibility index (Phi) is 4.44. The van der Waals surface area contributed by atoms with E-state index in [1.54, 1.807) is 62.2 Å². The molecule has 26 heavy (non-hydrogen) atoms. The Morgan fingerprint density at radius 2 is 1.77 bits per heavy atom. The topological polar surface area (TPSA) is 75.7 Å². The fraction of sp³-hybridized carbons (Fsp3) is 0.316. The van der Waals surface area contributed by atoms with E-state index in [2.05, 4.69) is 4.72 Å². The van der Waals surface area contributed by atoms with Gasteiger partial charge in [-0.15, -0.1) is 0 Å². The average Bonchev–Trinajstić information content (AvgIpc) is 2.77. The van der Waals surface area contributed by atoms with Crippen LogP contribution in [0.2, 0.25) is 0 Å². The van der Waals surface area contributed by atoms with E-state index < -0.39 is 15.4 Å². The molecule has 138 valence electrons. The molecular weight excluding hydrogens is 352 g/mol. The Balaban J connectivity index is 1.91. The Bertz CT molecular complexity index is 950. The highest BCUT2D eigenvalue weighted by molar-refractivity contribution is 7.92. The van der Waals surface area contributed by atoms with Crippen LogP contribution in [0.15, 0.2) is 47.4 Å². The Labute approximate surface area is 153 Å². The molecule has 0 spiro atoms.